The van der Waals surface area contributed by atoms with Crippen molar-refractivity contribution in [1.29, 1.82) is 0 Å². The molecule has 1 aromatic heterocycles. The lowest BCUT2D eigenvalue weighted by atomic mass is 10.0. The Morgan fingerprint density at radius 3 is 2.54 bits per heavy atom. The molecule has 5 N–H and O–H groups in total. The fourth-order valence-corrected chi connectivity index (χ4v) is 2.56. The molecule has 24 heavy (non-hydrogen) atoms. The molecule has 0 fully saturated rings. The maximum Gasteiger partial charge on any atom is 0.344 e. The van der Waals surface area contributed by atoms with Crippen molar-refractivity contribution >= 4 is 34.2 Å². The van der Waals surface area contributed by atoms with Crippen LogP contribution in [0.4, 0.5) is 0 Å². The molecule has 0 radical (unpaired) electrons. The highest BCUT2D eigenvalue weighted by Crippen LogP contribution is 2.31. The van der Waals surface area contributed by atoms with Gasteiger partial charge in [-0.15, -0.1) is 0 Å². The maximum absolute atomic E-state index is 12.4. The Morgan fingerprint density at radius 1 is 1.33 bits per heavy atom. The number of carboxylic acid groups (broad SMARTS) is 1. The number of aromatic nitrogens is 1. The molecule has 0 bridgehead atoms. The maximum atomic E-state index is 12.4. The summed E-state index contributed by atoms with van der Waals surface area (Å²) < 4.78 is 0. The molecule has 0 saturated carbocycles. The molecule has 0 aliphatic rings. The number of nitrogens with two attached hydrogens (primary N) is 1. The van der Waals surface area contributed by atoms with Crippen molar-refractivity contribution in [3.8, 4) is 5.75 Å². The molecule has 1 heterocycles. The second-order valence-corrected chi connectivity index (χ2v) is 5.84. The van der Waals surface area contributed by atoms with Crippen LogP contribution in [0.15, 0.2) is 24.3 Å². The first kappa shape index (κ1) is 18.0. The van der Waals surface area contributed by atoms with Crippen LogP contribution in [0.1, 0.15) is 36.7 Å². The molecule has 0 saturated heterocycles. The number of benzene rings is 1. The van der Waals surface area contributed by atoms with Gasteiger partial charge in [0.1, 0.15) is 5.15 Å². The van der Waals surface area contributed by atoms with E-state index >= 15 is 0 Å². The summed E-state index contributed by atoms with van der Waals surface area (Å²) in [7, 11) is 0. The summed E-state index contributed by atoms with van der Waals surface area (Å²) in [6, 6.07) is 6.62. The van der Waals surface area contributed by atoms with Crippen molar-refractivity contribution in [2.45, 2.75) is 31.8 Å². The monoisotopic (exact) mass is 351 g/mol. The highest BCUT2D eigenvalue weighted by molar-refractivity contribution is 6.34. The van der Waals surface area contributed by atoms with E-state index in [1.165, 1.54) is 0 Å². The molecule has 7 nitrogen and oxygen atoms in total. The van der Waals surface area contributed by atoms with E-state index in [4.69, 9.17) is 17.3 Å². The van der Waals surface area contributed by atoms with E-state index in [1.54, 1.807) is 24.3 Å². The SMILES string of the molecule is CCCCC(N)(NC(=O)c1nc(Cl)c2ccccc2c1O)C(=O)O. The normalized spacial score (nSPS) is 13.5. The number of carbonyl (C=O) groups excluding carboxylic acids is 1. The van der Waals surface area contributed by atoms with Gasteiger partial charge in [0.2, 0.25) is 0 Å². The van der Waals surface area contributed by atoms with Gasteiger partial charge in [-0.05, 0) is 12.8 Å². The highest BCUT2D eigenvalue weighted by Gasteiger charge is 2.36. The van der Waals surface area contributed by atoms with Crippen molar-refractivity contribution in [2.75, 3.05) is 0 Å². The average molecular weight is 352 g/mol. The van der Waals surface area contributed by atoms with Gasteiger partial charge in [-0.25, -0.2) is 9.78 Å². The third-order valence-corrected chi connectivity index (χ3v) is 3.98. The van der Waals surface area contributed by atoms with Gasteiger partial charge in [-0.2, -0.15) is 0 Å². The van der Waals surface area contributed by atoms with Crippen LogP contribution < -0.4 is 11.1 Å². The molecule has 2 aromatic rings. The highest BCUT2D eigenvalue weighted by atomic mass is 35.5. The van der Waals surface area contributed by atoms with Gasteiger partial charge in [-0.3, -0.25) is 10.5 Å². The largest absolute Gasteiger partial charge is 0.505 e. The number of fused-ring (bicyclic) bond motifs is 1. The van der Waals surface area contributed by atoms with Crippen LogP contribution >= 0.6 is 11.6 Å². The zero-order valence-electron chi connectivity index (χ0n) is 13.0. The van der Waals surface area contributed by atoms with Crippen LogP contribution in [0.25, 0.3) is 10.8 Å². The van der Waals surface area contributed by atoms with Gasteiger partial charge in [-0.1, -0.05) is 49.2 Å². The summed E-state index contributed by atoms with van der Waals surface area (Å²) in [6.07, 6.45) is 1.28. The van der Waals surface area contributed by atoms with E-state index in [0.29, 0.717) is 23.6 Å². The quantitative estimate of drug-likeness (QED) is 0.467. The summed E-state index contributed by atoms with van der Waals surface area (Å²) in [4.78, 5) is 27.7. The first-order valence-electron chi connectivity index (χ1n) is 7.42. The smallest absolute Gasteiger partial charge is 0.344 e. The number of rotatable bonds is 6. The zero-order chi connectivity index (χ0) is 17.9. The second-order valence-electron chi connectivity index (χ2n) is 5.48. The van der Waals surface area contributed by atoms with Crippen LogP contribution in [0.5, 0.6) is 5.75 Å². The van der Waals surface area contributed by atoms with E-state index in [2.05, 4.69) is 10.3 Å². The summed E-state index contributed by atoms with van der Waals surface area (Å²) in [6.45, 7) is 1.88. The molecule has 8 heteroatoms. The van der Waals surface area contributed by atoms with Crippen LogP contribution in [0.2, 0.25) is 5.15 Å². The third kappa shape index (κ3) is 3.42. The number of hydrogen-bond acceptors (Lipinski definition) is 5. The standard InChI is InChI=1S/C16H18ClN3O4/c1-2-3-8-16(18,15(23)24)20-14(22)11-12(21)9-6-4-5-7-10(9)13(17)19-11/h4-7,21H,2-3,8,18H2,1H3,(H,20,22)(H,23,24). The molecule has 0 aliphatic carbocycles. The van der Waals surface area contributed by atoms with Crippen molar-refractivity contribution in [1.82, 2.24) is 10.3 Å². The van der Waals surface area contributed by atoms with Gasteiger partial charge >= 0.3 is 5.97 Å². The van der Waals surface area contributed by atoms with Gasteiger partial charge in [0.05, 0.1) is 0 Å². The number of amides is 1. The van der Waals surface area contributed by atoms with Crippen molar-refractivity contribution in [3.63, 3.8) is 0 Å². The molecular formula is C16H18ClN3O4. The molecule has 0 aliphatic heterocycles. The topological polar surface area (TPSA) is 126 Å². The van der Waals surface area contributed by atoms with E-state index in [0.717, 1.165) is 0 Å². The van der Waals surface area contributed by atoms with Crippen LogP contribution in [-0.4, -0.2) is 32.7 Å². The molecule has 1 unspecified atom stereocenters. The number of nitrogens with one attached hydrogen (secondary N) is 1. The Bertz CT molecular complexity index is 796. The lowest BCUT2D eigenvalue weighted by Crippen LogP contribution is -2.61. The van der Waals surface area contributed by atoms with E-state index < -0.39 is 17.5 Å². The van der Waals surface area contributed by atoms with Gasteiger partial charge in [0, 0.05) is 10.8 Å². The number of carbonyl (C=O) groups is 2. The molecule has 2 rings (SSSR count). The first-order chi connectivity index (χ1) is 11.3. The number of aromatic hydroxyl groups is 1. The van der Waals surface area contributed by atoms with Crippen molar-refractivity contribution in [2.24, 2.45) is 5.73 Å². The molecule has 1 amide bonds. The van der Waals surface area contributed by atoms with Crippen LogP contribution in [0, 0.1) is 0 Å². The summed E-state index contributed by atoms with van der Waals surface area (Å²) >= 11 is 6.05. The number of halogens is 1. The number of aliphatic carboxylic acids is 1. The Kier molecular flexibility index (Phi) is 5.26. The summed E-state index contributed by atoms with van der Waals surface area (Å²) in [5.74, 6) is -2.65. The Balaban J connectivity index is 2.41. The lowest BCUT2D eigenvalue weighted by Gasteiger charge is -2.26. The van der Waals surface area contributed by atoms with Crippen molar-refractivity contribution in [3.05, 3.63) is 35.1 Å². The molecular weight excluding hydrogens is 334 g/mol. The van der Waals surface area contributed by atoms with Gasteiger partial charge in [0.15, 0.2) is 17.1 Å². The van der Waals surface area contributed by atoms with E-state index in [1.807, 2.05) is 6.92 Å². The fraction of sp³-hybridized carbons (Fsp3) is 0.312. The van der Waals surface area contributed by atoms with Crippen LogP contribution in [-0.2, 0) is 4.79 Å². The van der Waals surface area contributed by atoms with Crippen LogP contribution in [0.3, 0.4) is 0 Å². The minimum absolute atomic E-state index is 0.0278. The predicted octanol–water partition coefficient (Wildman–Crippen LogP) is 2.25. The van der Waals surface area contributed by atoms with Crippen molar-refractivity contribution < 1.29 is 19.8 Å². The molecule has 128 valence electrons. The lowest BCUT2D eigenvalue weighted by molar-refractivity contribution is -0.144. The predicted molar refractivity (Wildman–Crippen MR) is 90.0 cm³/mol. The first-order valence-corrected chi connectivity index (χ1v) is 7.80. The van der Waals surface area contributed by atoms with E-state index in [9.17, 15) is 19.8 Å². The Labute approximate surface area is 143 Å². The summed E-state index contributed by atoms with van der Waals surface area (Å²) in [5, 5.41) is 22.7. The fourth-order valence-electron chi connectivity index (χ4n) is 2.31. The number of pyridine rings is 1. The number of hydrogen-bond donors (Lipinski definition) is 4. The van der Waals surface area contributed by atoms with Gasteiger partial charge in [0.25, 0.3) is 5.91 Å². The number of carboxylic acids is 1. The third-order valence-electron chi connectivity index (χ3n) is 3.70. The van der Waals surface area contributed by atoms with Gasteiger partial charge < -0.3 is 15.5 Å². The Morgan fingerprint density at radius 2 is 1.96 bits per heavy atom. The Hall–Kier alpha value is -2.38. The summed E-state index contributed by atoms with van der Waals surface area (Å²) in [5.41, 5.74) is 3.48. The van der Waals surface area contributed by atoms with E-state index in [-0.39, 0.29) is 23.0 Å². The number of unbranched alkanes of at least 4 members (excludes halogenated alkanes) is 1. The second kappa shape index (κ2) is 7.02. The minimum Gasteiger partial charge on any atom is -0.505 e. The minimum atomic E-state index is -1.95. The average Bonchev–Trinajstić information content (AvgIpc) is 2.56. The molecule has 0 spiro atoms. The number of nitrogens with zero attached hydrogens (tertiary/aromatic N) is 1. The zero-order valence-corrected chi connectivity index (χ0v) is 13.8. The molecule has 1 atom stereocenters. The molecule has 1 aromatic carbocycles.